The van der Waals surface area contributed by atoms with Gasteiger partial charge in [-0.3, -0.25) is 4.90 Å². The Hall–Kier alpha value is -0.380. The number of thiophene rings is 1. The van der Waals surface area contributed by atoms with Crippen LogP contribution < -0.4 is 5.32 Å². The number of nitrogens with one attached hydrogen (secondary N) is 1. The molecule has 1 aromatic rings. The van der Waals surface area contributed by atoms with Crippen molar-refractivity contribution in [3.05, 3.63) is 22.4 Å². The molecule has 1 aliphatic heterocycles. The molecule has 2 fully saturated rings. The lowest BCUT2D eigenvalue weighted by Crippen LogP contribution is -2.64. The quantitative estimate of drug-likeness (QED) is 0.901. The summed E-state index contributed by atoms with van der Waals surface area (Å²) in [7, 11) is 0. The molecular formula is C17H28N2S. The number of hydrogen-bond acceptors (Lipinski definition) is 3. The van der Waals surface area contributed by atoms with E-state index in [0.717, 1.165) is 6.54 Å². The average molecular weight is 292 g/mol. The van der Waals surface area contributed by atoms with Gasteiger partial charge in [0.2, 0.25) is 0 Å². The number of nitrogens with zero attached hydrogens (tertiary/aromatic N) is 1. The molecule has 1 atom stereocenters. The minimum absolute atomic E-state index is 0.449. The van der Waals surface area contributed by atoms with Gasteiger partial charge in [0.1, 0.15) is 0 Å². The summed E-state index contributed by atoms with van der Waals surface area (Å²) in [5.41, 5.74) is 1.96. The van der Waals surface area contributed by atoms with Gasteiger partial charge >= 0.3 is 0 Å². The van der Waals surface area contributed by atoms with Crippen LogP contribution in [0.25, 0.3) is 0 Å². The minimum atomic E-state index is 0.449. The normalized spacial score (nSPS) is 26.9. The monoisotopic (exact) mass is 292 g/mol. The smallest absolute Gasteiger partial charge is 0.0338 e. The summed E-state index contributed by atoms with van der Waals surface area (Å²) in [4.78, 5) is 2.82. The van der Waals surface area contributed by atoms with Crippen LogP contribution in [0.5, 0.6) is 0 Å². The highest BCUT2D eigenvalue weighted by Gasteiger charge is 2.41. The van der Waals surface area contributed by atoms with E-state index in [1.807, 2.05) is 11.3 Å². The molecule has 1 N–H and O–H groups in total. The molecule has 3 heteroatoms. The Balaban J connectivity index is 1.74. The molecule has 1 saturated carbocycles. The number of hydrogen-bond donors (Lipinski definition) is 1. The summed E-state index contributed by atoms with van der Waals surface area (Å²) in [6.07, 6.45) is 9.66. The molecular weight excluding hydrogens is 264 g/mol. The predicted molar refractivity (Wildman–Crippen MR) is 87.2 cm³/mol. The van der Waals surface area contributed by atoms with Crippen LogP contribution in [0.2, 0.25) is 0 Å². The van der Waals surface area contributed by atoms with E-state index in [2.05, 4.69) is 34.0 Å². The maximum Gasteiger partial charge on any atom is 0.0338 e. The van der Waals surface area contributed by atoms with Gasteiger partial charge in [-0.2, -0.15) is 11.3 Å². The van der Waals surface area contributed by atoms with Crippen LogP contribution in [0.15, 0.2) is 16.8 Å². The van der Waals surface area contributed by atoms with E-state index in [1.165, 1.54) is 63.6 Å². The lowest BCUT2D eigenvalue weighted by Gasteiger charge is -2.52. The first kappa shape index (κ1) is 14.6. The topological polar surface area (TPSA) is 15.3 Å². The van der Waals surface area contributed by atoms with Crippen molar-refractivity contribution in [1.29, 1.82) is 0 Å². The summed E-state index contributed by atoms with van der Waals surface area (Å²) in [6, 6.07) is 3.00. The molecule has 1 saturated heterocycles. The Morgan fingerprint density at radius 3 is 2.90 bits per heavy atom. The minimum Gasteiger partial charge on any atom is -0.311 e. The van der Waals surface area contributed by atoms with Crippen molar-refractivity contribution in [2.75, 3.05) is 13.1 Å². The van der Waals surface area contributed by atoms with E-state index in [0.29, 0.717) is 11.6 Å². The first-order chi connectivity index (χ1) is 9.82. The zero-order valence-electron chi connectivity index (χ0n) is 12.7. The molecule has 3 rings (SSSR count). The Morgan fingerprint density at radius 2 is 2.20 bits per heavy atom. The van der Waals surface area contributed by atoms with E-state index in [-0.39, 0.29) is 0 Å². The Kier molecular flexibility index (Phi) is 4.79. The van der Waals surface area contributed by atoms with Crippen molar-refractivity contribution in [2.24, 2.45) is 0 Å². The van der Waals surface area contributed by atoms with Gasteiger partial charge < -0.3 is 5.32 Å². The zero-order chi connectivity index (χ0) is 13.8. The van der Waals surface area contributed by atoms with Crippen LogP contribution in [0.3, 0.4) is 0 Å². The zero-order valence-corrected chi connectivity index (χ0v) is 13.6. The SMILES string of the molecule is CCCC1CN(Cc2ccsc2)C2(CCCCC2)CN1. The molecule has 1 aliphatic carbocycles. The summed E-state index contributed by atoms with van der Waals surface area (Å²) in [5.74, 6) is 0. The van der Waals surface area contributed by atoms with Gasteiger partial charge in [-0.25, -0.2) is 0 Å². The molecule has 0 amide bonds. The van der Waals surface area contributed by atoms with Gasteiger partial charge in [0.25, 0.3) is 0 Å². The molecule has 2 heterocycles. The van der Waals surface area contributed by atoms with Crippen molar-refractivity contribution in [3.8, 4) is 0 Å². The van der Waals surface area contributed by atoms with Crippen LogP contribution in [-0.2, 0) is 6.54 Å². The van der Waals surface area contributed by atoms with Gasteiger partial charge in [0.05, 0.1) is 0 Å². The van der Waals surface area contributed by atoms with Crippen molar-refractivity contribution in [3.63, 3.8) is 0 Å². The highest BCUT2D eigenvalue weighted by Crippen LogP contribution is 2.36. The lowest BCUT2D eigenvalue weighted by molar-refractivity contribution is 0.00196. The third-order valence-corrected chi connectivity index (χ3v) is 5.94. The molecule has 1 unspecified atom stereocenters. The van der Waals surface area contributed by atoms with Gasteiger partial charge in [-0.15, -0.1) is 0 Å². The van der Waals surface area contributed by atoms with Crippen molar-refractivity contribution in [2.45, 2.75) is 70.0 Å². The first-order valence-corrected chi connectivity index (χ1v) is 9.26. The third-order valence-electron chi connectivity index (χ3n) is 5.21. The fourth-order valence-electron chi connectivity index (χ4n) is 4.05. The predicted octanol–water partition coefficient (Wildman–Crippen LogP) is 4.02. The molecule has 2 nitrogen and oxygen atoms in total. The third kappa shape index (κ3) is 3.10. The Labute approximate surface area is 127 Å². The molecule has 20 heavy (non-hydrogen) atoms. The van der Waals surface area contributed by atoms with Crippen LogP contribution in [0.4, 0.5) is 0 Å². The fourth-order valence-corrected chi connectivity index (χ4v) is 4.71. The van der Waals surface area contributed by atoms with E-state index < -0.39 is 0 Å². The van der Waals surface area contributed by atoms with E-state index in [9.17, 15) is 0 Å². The number of rotatable bonds is 4. The summed E-state index contributed by atoms with van der Waals surface area (Å²) in [6.45, 7) is 5.91. The van der Waals surface area contributed by atoms with Crippen LogP contribution >= 0.6 is 11.3 Å². The second-order valence-corrected chi connectivity index (χ2v) is 7.44. The van der Waals surface area contributed by atoms with Crippen LogP contribution in [0, 0.1) is 0 Å². The summed E-state index contributed by atoms with van der Waals surface area (Å²) in [5, 5.41) is 8.39. The largest absolute Gasteiger partial charge is 0.311 e. The standard InChI is InChI=1S/C17H28N2S/c1-2-6-16-12-19(11-15-7-10-20-13-15)17(14-18-16)8-4-3-5-9-17/h7,10,13,16,18H,2-6,8-9,11-12,14H2,1H3. The maximum atomic E-state index is 3.85. The van der Waals surface area contributed by atoms with Gasteiger partial charge in [0, 0.05) is 31.2 Å². The average Bonchev–Trinajstić information content (AvgIpc) is 2.97. The molecule has 0 bridgehead atoms. The van der Waals surface area contributed by atoms with Crippen molar-refractivity contribution >= 4 is 11.3 Å². The first-order valence-electron chi connectivity index (χ1n) is 8.32. The van der Waals surface area contributed by atoms with Gasteiger partial charge in [-0.1, -0.05) is 32.6 Å². The van der Waals surface area contributed by atoms with E-state index in [1.54, 1.807) is 0 Å². The molecule has 112 valence electrons. The van der Waals surface area contributed by atoms with Crippen molar-refractivity contribution in [1.82, 2.24) is 10.2 Å². The van der Waals surface area contributed by atoms with Crippen LogP contribution in [0.1, 0.15) is 57.4 Å². The van der Waals surface area contributed by atoms with E-state index in [4.69, 9.17) is 0 Å². The maximum absolute atomic E-state index is 3.85. The summed E-state index contributed by atoms with van der Waals surface area (Å²) < 4.78 is 0. The Morgan fingerprint density at radius 1 is 1.35 bits per heavy atom. The molecule has 2 aliphatic rings. The molecule has 0 radical (unpaired) electrons. The fraction of sp³-hybridized carbons (Fsp3) is 0.765. The van der Waals surface area contributed by atoms with Gasteiger partial charge in [-0.05, 0) is 41.7 Å². The van der Waals surface area contributed by atoms with Crippen LogP contribution in [-0.4, -0.2) is 29.6 Å². The van der Waals surface area contributed by atoms with Crippen molar-refractivity contribution < 1.29 is 0 Å². The molecule has 1 spiro atoms. The lowest BCUT2D eigenvalue weighted by atomic mass is 9.78. The molecule has 1 aromatic heterocycles. The second-order valence-electron chi connectivity index (χ2n) is 6.66. The Bertz CT molecular complexity index is 395. The highest BCUT2D eigenvalue weighted by atomic mass is 32.1. The summed E-state index contributed by atoms with van der Waals surface area (Å²) >= 11 is 1.83. The number of piperazine rings is 1. The second kappa shape index (κ2) is 6.59. The highest BCUT2D eigenvalue weighted by molar-refractivity contribution is 7.07. The molecule has 0 aromatic carbocycles. The van der Waals surface area contributed by atoms with Gasteiger partial charge in [0.15, 0.2) is 0 Å². The van der Waals surface area contributed by atoms with E-state index >= 15 is 0 Å².